The molecule has 0 spiro atoms. The molecule has 25 heavy (non-hydrogen) atoms. The number of aromatic nitrogens is 4. The number of carbonyl (C=O) groups is 1. The second kappa shape index (κ2) is 6.76. The number of ketones is 1. The molecule has 0 saturated carbocycles. The third-order valence-electron chi connectivity index (χ3n) is 4.19. The molecule has 0 aliphatic heterocycles. The van der Waals surface area contributed by atoms with Gasteiger partial charge in [-0.05, 0) is 45.9 Å². The van der Waals surface area contributed by atoms with E-state index in [0.717, 1.165) is 22.6 Å². The minimum Gasteiger partial charge on any atom is -0.336 e. The second-order valence-electron chi connectivity index (χ2n) is 6.07. The molecule has 0 saturated heterocycles. The van der Waals surface area contributed by atoms with Gasteiger partial charge in [0.2, 0.25) is 5.16 Å². The number of aryl methyl sites for hydroxylation is 3. The van der Waals surface area contributed by atoms with Crippen LogP contribution in [-0.2, 0) is 0 Å². The summed E-state index contributed by atoms with van der Waals surface area (Å²) >= 11 is 1.30. The molecule has 130 valence electrons. The highest BCUT2D eigenvalue weighted by Gasteiger charge is 2.18. The molecule has 2 aromatic heterocycles. The Morgan fingerprint density at radius 1 is 1.12 bits per heavy atom. The fraction of sp³-hybridized carbons (Fsp3) is 0.278. The van der Waals surface area contributed by atoms with Gasteiger partial charge in [0, 0.05) is 22.6 Å². The van der Waals surface area contributed by atoms with Gasteiger partial charge in [0.05, 0.1) is 5.75 Å². The van der Waals surface area contributed by atoms with E-state index in [2.05, 4.69) is 46.0 Å². The van der Waals surface area contributed by atoms with Gasteiger partial charge in [-0.2, -0.15) is 0 Å². The van der Waals surface area contributed by atoms with Gasteiger partial charge in [-0.3, -0.25) is 4.79 Å². The maximum Gasteiger partial charge on any atom is 0.210 e. The Morgan fingerprint density at radius 2 is 1.80 bits per heavy atom. The molecule has 0 atom stereocenters. The van der Waals surface area contributed by atoms with Gasteiger partial charge in [-0.25, -0.2) is 4.68 Å². The fourth-order valence-electron chi connectivity index (χ4n) is 2.79. The molecular formula is C18H21N5OS. The highest BCUT2D eigenvalue weighted by Crippen LogP contribution is 2.24. The van der Waals surface area contributed by atoms with Crippen LogP contribution >= 0.6 is 11.8 Å². The summed E-state index contributed by atoms with van der Waals surface area (Å²) in [6.45, 7) is 7.81. The third-order valence-corrected chi connectivity index (χ3v) is 5.13. The summed E-state index contributed by atoms with van der Waals surface area (Å²) in [4.78, 5) is 12.7. The molecule has 2 N–H and O–H groups in total. The maximum atomic E-state index is 12.7. The van der Waals surface area contributed by atoms with Crippen LogP contribution in [0.3, 0.4) is 0 Å². The Bertz CT molecular complexity index is 924. The van der Waals surface area contributed by atoms with Gasteiger partial charge in [-0.15, -0.1) is 10.2 Å². The normalized spacial score (nSPS) is 11.0. The minimum absolute atomic E-state index is 0.0529. The number of hydrogen-bond acceptors (Lipinski definition) is 5. The fourth-order valence-corrected chi connectivity index (χ4v) is 3.58. The Balaban J connectivity index is 1.83. The summed E-state index contributed by atoms with van der Waals surface area (Å²) < 4.78 is 3.50. The van der Waals surface area contributed by atoms with Crippen LogP contribution in [0.2, 0.25) is 0 Å². The maximum absolute atomic E-state index is 12.7. The molecule has 0 aliphatic carbocycles. The molecule has 0 radical (unpaired) electrons. The number of nitrogens with two attached hydrogens (primary N) is 1. The summed E-state index contributed by atoms with van der Waals surface area (Å²) in [5, 5.41) is 8.42. The minimum atomic E-state index is 0.0529. The van der Waals surface area contributed by atoms with Crippen LogP contribution in [0.15, 0.2) is 35.5 Å². The number of nitrogen functional groups attached to an aromatic ring is 1. The molecule has 1 aromatic carbocycles. The smallest absolute Gasteiger partial charge is 0.210 e. The number of carbonyl (C=O) groups excluding carboxylic acids is 1. The van der Waals surface area contributed by atoms with Gasteiger partial charge in [0.1, 0.15) is 5.82 Å². The van der Waals surface area contributed by atoms with Crippen molar-refractivity contribution < 1.29 is 4.79 Å². The number of thioether (sulfide) groups is 1. The van der Waals surface area contributed by atoms with E-state index >= 15 is 0 Å². The van der Waals surface area contributed by atoms with Crippen molar-refractivity contribution in [2.45, 2.75) is 32.9 Å². The van der Waals surface area contributed by atoms with Crippen LogP contribution in [0, 0.1) is 27.7 Å². The summed E-state index contributed by atoms with van der Waals surface area (Å²) in [5.41, 5.74) is 4.97. The Morgan fingerprint density at radius 3 is 2.40 bits per heavy atom. The van der Waals surface area contributed by atoms with E-state index in [1.54, 1.807) is 6.92 Å². The molecule has 3 aromatic rings. The zero-order valence-corrected chi connectivity index (χ0v) is 15.6. The Kier molecular flexibility index (Phi) is 4.67. The van der Waals surface area contributed by atoms with Crippen LogP contribution < -0.4 is 5.84 Å². The van der Waals surface area contributed by atoms with Crippen molar-refractivity contribution in [2.75, 3.05) is 11.6 Å². The van der Waals surface area contributed by atoms with E-state index in [1.807, 2.05) is 19.9 Å². The molecule has 6 nitrogen and oxygen atoms in total. The van der Waals surface area contributed by atoms with Crippen LogP contribution in [0.1, 0.15) is 33.1 Å². The number of benzene rings is 1. The van der Waals surface area contributed by atoms with Crippen LogP contribution in [0.4, 0.5) is 0 Å². The lowest BCUT2D eigenvalue weighted by Gasteiger charge is -2.10. The molecule has 0 unspecified atom stereocenters. The van der Waals surface area contributed by atoms with Gasteiger partial charge < -0.3 is 10.4 Å². The van der Waals surface area contributed by atoms with Gasteiger partial charge in [0.25, 0.3) is 0 Å². The number of nitrogens with zero attached hydrogens (tertiary/aromatic N) is 4. The average Bonchev–Trinajstić information content (AvgIpc) is 3.06. The first-order valence-electron chi connectivity index (χ1n) is 7.97. The van der Waals surface area contributed by atoms with Crippen LogP contribution in [0.25, 0.3) is 5.69 Å². The van der Waals surface area contributed by atoms with Crippen molar-refractivity contribution >= 4 is 17.5 Å². The monoisotopic (exact) mass is 355 g/mol. The largest absolute Gasteiger partial charge is 0.336 e. The average molecular weight is 355 g/mol. The first-order chi connectivity index (χ1) is 11.9. The van der Waals surface area contributed by atoms with Crippen LogP contribution in [0.5, 0.6) is 0 Å². The van der Waals surface area contributed by atoms with Crippen molar-refractivity contribution in [3.8, 4) is 5.69 Å². The zero-order chi connectivity index (χ0) is 18.1. The molecule has 0 fully saturated rings. The third kappa shape index (κ3) is 3.32. The van der Waals surface area contributed by atoms with Gasteiger partial charge in [0.15, 0.2) is 5.78 Å². The highest BCUT2D eigenvalue weighted by atomic mass is 32.2. The first kappa shape index (κ1) is 17.3. The SMILES string of the molecule is Cc1ccc(-n2c(C)cc(C(=O)CSc3nnc(C)n3N)c2C)cc1. The molecular weight excluding hydrogens is 334 g/mol. The molecule has 3 rings (SSSR count). The van der Waals surface area contributed by atoms with E-state index in [4.69, 9.17) is 5.84 Å². The predicted octanol–water partition coefficient (Wildman–Crippen LogP) is 2.99. The molecule has 7 heteroatoms. The summed E-state index contributed by atoms with van der Waals surface area (Å²) in [6.07, 6.45) is 0. The Hall–Kier alpha value is -2.54. The number of rotatable bonds is 5. The first-order valence-corrected chi connectivity index (χ1v) is 8.96. The van der Waals surface area contributed by atoms with Gasteiger partial charge >= 0.3 is 0 Å². The molecule has 0 bridgehead atoms. The lowest BCUT2D eigenvalue weighted by atomic mass is 10.2. The van der Waals surface area contributed by atoms with Crippen molar-refractivity contribution in [2.24, 2.45) is 0 Å². The summed E-state index contributed by atoms with van der Waals surface area (Å²) in [6, 6.07) is 10.2. The zero-order valence-electron chi connectivity index (χ0n) is 14.8. The predicted molar refractivity (Wildman–Crippen MR) is 99.9 cm³/mol. The number of hydrogen-bond donors (Lipinski definition) is 1. The highest BCUT2D eigenvalue weighted by molar-refractivity contribution is 7.99. The molecule has 2 heterocycles. The van der Waals surface area contributed by atoms with E-state index in [1.165, 1.54) is 22.0 Å². The number of Topliss-reactive ketones (excluding diaryl/α,β-unsaturated/α-hetero) is 1. The van der Waals surface area contributed by atoms with Crippen molar-refractivity contribution in [1.82, 2.24) is 19.4 Å². The van der Waals surface area contributed by atoms with E-state index in [0.29, 0.717) is 11.0 Å². The van der Waals surface area contributed by atoms with Crippen molar-refractivity contribution in [3.05, 3.63) is 58.7 Å². The topological polar surface area (TPSA) is 78.7 Å². The second-order valence-corrected chi connectivity index (χ2v) is 7.01. The van der Waals surface area contributed by atoms with E-state index in [-0.39, 0.29) is 11.5 Å². The lowest BCUT2D eigenvalue weighted by molar-refractivity contribution is 0.102. The summed E-state index contributed by atoms with van der Waals surface area (Å²) in [7, 11) is 0. The van der Waals surface area contributed by atoms with Crippen LogP contribution in [-0.4, -0.2) is 31.0 Å². The lowest BCUT2D eigenvalue weighted by Crippen LogP contribution is -2.13. The van der Waals surface area contributed by atoms with Crippen molar-refractivity contribution in [1.29, 1.82) is 0 Å². The van der Waals surface area contributed by atoms with Gasteiger partial charge in [-0.1, -0.05) is 29.5 Å². The standard InChI is InChI=1S/C18H21N5OS/c1-11-5-7-15(8-6-11)22-12(2)9-16(13(22)3)17(24)10-25-18-21-20-14(4)23(18)19/h5-9H,10,19H2,1-4H3. The Labute approximate surface area is 151 Å². The quantitative estimate of drug-likeness (QED) is 0.432. The summed E-state index contributed by atoms with van der Waals surface area (Å²) in [5.74, 6) is 6.77. The molecule has 0 amide bonds. The molecule has 0 aliphatic rings. The van der Waals surface area contributed by atoms with E-state index in [9.17, 15) is 4.79 Å². The van der Waals surface area contributed by atoms with E-state index < -0.39 is 0 Å². The van der Waals surface area contributed by atoms with Crippen molar-refractivity contribution in [3.63, 3.8) is 0 Å².